The lowest BCUT2D eigenvalue weighted by Gasteiger charge is -2.29. The summed E-state index contributed by atoms with van der Waals surface area (Å²) in [5.74, 6) is -2.11. The van der Waals surface area contributed by atoms with Gasteiger partial charge in [0.05, 0.1) is 6.04 Å². The smallest absolute Gasteiger partial charge is 0.326 e. The molecule has 0 bridgehead atoms. The number of hydrogen-bond donors (Lipinski definition) is 5. The summed E-state index contributed by atoms with van der Waals surface area (Å²) in [4.78, 5) is 52.6. The van der Waals surface area contributed by atoms with Crippen LogP contribution in [0.5, 0.6) is 5.75 Å². The average molecular weight is 489 g/mol. The molecule has 2 aliphatic heterocycles. The summed E-state index contributed by atoms with van der Waals surface area (Å²) in [6, 6.07) is 3.06. The molecule has 4 atom stereocenters. The van der Waals surface area contributed by atoms with Crippen molar-refractivity contribution >= 4 is 23.7 Å². The van der Waals surface area contributed by atoms with Crippen LogP contribution in [0.3, 0.4) is 0 Å². The predicted molar refractivity (Wildman–Crippen MR) is 129 cm³/mol. The molecule has 0 aliphatic carbocycles. The number of carboxylic acids is 1. The van der Waals surface area contributed by atoms with Crippen LogP contribution in [0.2, 0.25) is 0 Å². The molecule has 4 unspecified atom stereocenters. The molecule has 5 N–H and O–H groups in total. The highest BCUT2D eigenvalue weighted by Gasteiger charge is 2.39. The number of amides is 3. The molecule has 2 fully saturated rings. The van der Waals surface area contributed by atoms with Crippen molar-refractivity contribution in [1.82, 2.24) is 20.9 Å². The van der Waals surface area contributed by atoms with E-state index < -0.39 is 30.0 Å². The van der Waals surface area contributed by atoms with Gasteiger partial charge in [-0.25, -0.2) is 4.79 Å². The lowest BCUT2D eigenvalue weighted by Crippen LogP contribution is -2.57. The zero-order valence-electron chi connectivity index (χ0n) is 20.3. The van der Waals surface area contributed by atoms with Crippen LogP contribution in [0.25, 0.3) is 0 Å². The molecule has 2 heterocycles. The van der Waals surface area contributed by atoms with Gasteiger partial charge in [-0.2, -0.15) is 0 Å². The predicted octanol–water partition coefficient (Wildman–Crippen LogP) is 0.778. The number of benzene rings is 1. The van der Waals surface area contributed by atoms with E-state index >= 15 is 0 Å². The first-order valence-electron chi connectivity index (χ1n) is 12.3. The fourth-order valence-electron chi connectivity index (χ4n) is 4.71. The number of likely N-dealkylation sites (tertiary alicyclic amines) is 1. The Kier molecular flexibility index (Phi) is 9.08. The van der Waals surface area contributed by atoms with Gasteiger partial charge in [-0.15, -0.1) is 0 Å². The van der Waals surface area contributed by atoms with Gasteiger partial charge < -0.3 is 31.1 Å². The molecule has 2 saturated heterocycles. The molecule has 0 spiro atoms. The molecule has 3 amide bonds. The van der Waals surface area contributed by atoms with Crippen LogP contribution < -0.4 is 16.0 Å². The van der Waals surface area contributed by atoms with E-state index in [1.807, 2.05) is 13.8 Å². The quantitative estimate of drug-likeness (QED) is 0.327. The molecule has 2 aliphatic rings. The molecule has 1 aromatic carbocycles. The van der Waals surface area contributed by atoms with Crippen LogP contribution in [0.1, 0.15) is 51.5 Å². The first kappa shape index (κ1) is 26.5. The Morgan fingerprint density at radius 1 is 1.06 bits per heavy atom. The van der Waals surface area contributed by atoms with Gasteiger partial charge in [-0.1, -0.05) is 26.0 Å². The van der Waals surface area contributed by atoms with E-state index in [-0.39, 0.29) is 35.9 Å². The van der Waals surface area contributed by atoms with Crippen molar-refractivity contribution in [3.05, 3.63) is 29.8 Å². The Balaban J connectivity index is 1.66. The molecule has 35 heavy (non-hydrogen) atoms. The number of aliphatic carboxylic acids is 1. The maximum absolute atomic E-state index is 13.2. The van der Waals surface area contributed by atoms with Crippen molar-refractivity contribution in [1.29, 1.82) is 0 Å². The van der Waals surface area contributed by atoms with Crippen molar-refractivity contribution in [3.63, 3.8) is 0 Å². The van der Waals surface area contributed by atoms with Crippen LogP contribution in [0.15, 0.2) is 24.3 Å². The molecule has 1 aromatic rings. The summed E-state index contributed by atoms with van der Waals surface area (Å²) in [5.41, 5.74) is 0.639. The normalized spacial score (nSPS) is 21.5. The first-order chi connectivity index (χ1) is 16.7. The number of hydrogen-bond acceptors (Lipinski definition) is 6. The van der Waals surface area contributed by atoms with E-state index in [0.29, 0.717) is 31.4 Å². The second kappa shape index (κ2) is 12.0. The molecule has 192 valence electrons. The standard InChI is InChI=1S/C25H36N4O6/c1-15(2)13-19(22(31)28-20(25(34)35)14-16-7-9-17(30)10-8-16)27-23(32)21-6-4-12-29(21)24(33)18-5-3-11-26-18/h7-10,15,18-21,26,30H,3-6,11-14H2,1-2H3,(H,27,32)(H,28,31)(H,34,35). The van der Waals surface area contributed by atoms with Crippen molar-refractivity contribution in [2.45, 2.75) is 76.5 Å². The van der Waals surface area contributed by atoms with Gasteiger partial charge in [0.15, 0.2) is 0 Å². The van der Waals surface area contributed by atoms with Gasteiger partial charge in [0, 0.05) is 13.0 Å². The zero-order chi connectivity index (χ0) is 25.5. The minimum absolute atomic E-state index is 0.0307. The highest BCUT2D eigenvalue weighted by atomic mass is 16.4. The molecule has 0 saturated carbocycles. The number of phenols is 1. The van der Waals surface area contributed by atoms with Crippen LogP contribution in [-0.2, 0) is 25.6 Å². The Labute approximate surface area is 205 Å². The van der Waals surface area contributed by atoms with Crippen molar-refractivity contribution in [2.24, 2.45) is 5.92 Å². The van der Waals surface area contributed by atoms with Crippen LogP contribution >= 0.6 is 0 Å². The van der Waals surface area contributed by atoms with Crippen molar-refractivity contribution < 1.29 is 29.4 Å². The topological polar surface area (TPSA) is 148 Å². The number of nitrogens with one attached hydrogen (secondary N) is 3. The van der Waals surface area contributed by atoms with E-state index in [9.17, 15) is 29.4 Å². The molecule has 0 radical (unpaired) electrons. The number of phenolic OH excluding ortho intramolecular Hbond substituents is 1. The van der Waals surface area contributed by atoms with Gasteiger partial charge in [0.25, 0.3) is 0 Å². The van der Waals surface area contributed by atoms with E-state index in [1.54, 1.807) is 17.0 Å². The number of carbonyl (C=O) groups is 4. The van der Waals surface area contributed by atoms with E-state index in [0.717, 1.165) is 19.4 Å². The van der Waals surface area contributed by atoms with E-state index in [4.69, 9.17) is 0 Å². The third-order valence-corrected chi connectivity index (χ3v) is 6.53. The van der Waals surface area contributed by atoms with E-state index in [1.165, 1.54) is 12.1 Å². The maximum Gasteiger partial charge on any atom is 0.326 e. The molecule has 3 rings (SSSR count). The lowest BCUT2D eigenvalue weighted by atomic mass is 10.0. The maximum atomic E-state index is 13.2. The third-order valence-electron chi connectivity index (χ3n) is 6.53. The summed E-state index contributed by atoms with van der Waals surface area (Å²) in [6.45, 7) is 5.11. The summed E-state index contributed by atoms with van der Waals surface area (Å²) in [5, 5.41) is 27.6. The molecular formula is C25H36N4O6. The Bertz CT molecular complexity index is 913. The second-order valence-electron chi connectivity index (χ2n) is 9.80. The fourth-order valence-corrected chi connectivity index (χ4v) is 4.71. The Hall–Kier alpha value is -3.14. The Morgan fingerprint density at radius 2 is 1.77 bits per heavy atom. The summed E-state index contributed by atoms with van der Waals surface area (Å²) in [7, 11) is 0. The van der Waals surface area contributed by atoms with Gasteiger partial charge in [0.2, 0.25) is 17.7 Å². The van der Waals surface area contributed by atoms with Crippen LogP contribution in [0.4, 0.5) is 0 Å². The number of rotatable bonds is 10. The SMILES string of the molecule is CC(C)CC(NC(=O)C1CCCN1C(=O)C1CCCN1)C(=O)NC(Cc1ccc(O)cc1)C(=O)O. The molecule has 10 nitrogen and oxygen atoms in total. The number of carbonyl (C=O) groups excluding carboxylic acids is 3. The fraction of sp³-hybridized carbons (Fsp3) is 0.600. The monoisotopic (exact) mass is 488 g/mol. The minimum Gasteiger partial charge on any atom is -0.508 e. The largest absolute Gasteiger partial charge is 0.508 e. The summed E-state index contributed by atoms with van der Waals surface area (Å²) >= 11 is 0. The lowest BCUT2D eigenvalue weighted by molar-refractivity contribution is -0.143. The summed E-state index contributed by atoms with van der Waals surface area (Å²) in [6.07, 6.45) is 3.27. The van der Waals surface area contributed by atoms with Crippen LogP contribution in [-0.4, -0.2) is 76.1 Å². The van der Waals surface area contributed by atoms with Crippen molar-refractivity contribution in [2.75, 3.05) is 13.1 Å². The molecular weight excluding hydrogens is 452 g/mol. The van der Waals surface area contributed by atoms with Crippen molar-refractivity contribution in [3.8, 4) is 5.75 Å². The van der Waals surface area contributed by atoms with Crippen LogP contribution in [0, 0.1) is 5.92 Å². The number of nitrogens with zero attached hydrogens (tertiary/aromatic N) is 1. The zero-order valence-corrected chi connectivity index (χ0v) is 20.3. The third kappa shape index (κ3) is 7.17. The number of carboxylic acid groups (broad SMARTS) is 1. The van der Waals surface area contributed by atoms with Gasteiger partial charge in [-0.05, 0) is 62.3 Å². The summed E-state index contributed by atoms with van der Waals surface area (Å²) < 4.78 is 0. The van der Waals surface area contributed by atoms with Gasteiger partial charge in [-0.3, -0.25) is 14.4 Å². The van der Waals surface area contributed by atoms with E-state index in [2.05, 4.69) is 16.0 Å². The Morgan fingerprint density at radius 3 is 2.37 bits per heavy atom. The van der Waals surface area contributed by atoms with Gasteiger partial charge >= 0.3 is 5.97 Å². The first-order valence-corrected chi connectivity index (χ1v) is 12.3. The minimum atomic E-state index is -1.20. The highest BCUT2D eigenvalue weighted by molar-refractivity contribution is 5.94. The molecule has 0 aromatic heterocycles. The number of aromatic hydroxyl groups is 1. The average Bonchev–Trinajstić information content (AvgIpc) is 3.51. The second-order valence-corrected chi connectivity index (χ2v) is 9.80. The molecule has 10 heteroatoms. The van der Waals surface area contributed by atoms with Gasteiger partial charge in [0.1, 0.15) is 23.9 Å². The highest BCUT2D eigenvalue weighted by Crippen LogP contribution is 2.21.